The number of rotatable bonds is 50. The minimum atomic E-state index is 0.749. The Labute approximate surface area is 380 Å². The molecule has 0 aliphatic carbocycles. The van der Waals surface area contributed by atoms with Crippen molar-refractivity contribution in [2.24, 2.45) is 5.92 Å². The van der Waals surface area contributed by atoms with Crippen molar-refractivity contribution in [1.29, 1.82) is 0 Å². The van der Waals surface area contributed by atoms with E-state index < -0.39 is 0 Å². The molecule has 0 aliphatic rings. The van der Waals surface area contributed by atoms with Crippen LogP contribution in [0.5, 0.6) is 0 Å². The van der Waals surface area contributed by atoms with Gasteiger partial charge >= 0.3 is 0 Å². The first-order valence-corrected chi connectivity index (χ1v) is 27.4. The van der Waals surface area contributed by atoms with Crippen LogP contribution in [0, 0.1) is 5.92 Å². The van der Waals surface area contributed by atoms with Crippen LogP contribution in [0.2, 0.25) is 0 Å². The van der Waals surface area contributed by atoms with Gasteiger partial charge in [-0.05, 0) is 31.6 Å². The highest BCUT2D eigenvalue weighted by molar-refractivity contribution is 4.63. The zero-order chi connectivity index (χ0) is 44.3. The molecule has 60 heavy (non-hydrogen) atoms. The van der Waals surface area contributed by atoms with Crippen molar-refractivity contribution in [2.45, 2.75) is 304 Å². The summed E-state index contributed by atoms with van der Waals surface area (Å²) >= 11 is 0. The summed E-state index contributed by atoms with van der Waals surface area (Å²) in [6, 6.07) is 0. The summed E-state index contributed by atoms with van der Waals surface area (Å²) in [5.74, 6) is 0.749. The van der Waals surface area contributed by atoms with Gasteiger partial charge in [0.15, 0.2) is 0 Å². The number of ether oxygens (including phenoxy) is 3. The Bertz CT molecular complexity index is 735. The normalized spacial score (nSPS) is 11.2. The van der Waals surface area contributed by atoms with Gasteiger partial charge in [0, 0.05) is 0 Å². The summed E-state index contributed by atoms with van der Waals surface area (Å²) in [6.07, 6.45) is 64.9. The summed E-state index contributed by atoms with van der Waals surface area (Å²) < 4.78 is 15.7. The quantitative estimate of drug-likeness (QED) is 0.0451. The fourth-order valence-electron chi connectivity index (χ4n) is 8.05. The summed E-state index contributed by atoms with van der Waals surface area (Å²) in [6.45, 7) is 22.5. The van der Waals surface area contributed by atoms with Crippen LogP contribution in [0.15, 0.2) is 38.5 Å². The van der Waals surface area contributed by atoms with Crippen LogP contribution in [-0.2, 0) is 14.2 Å². The first kappa shape index (κ1) is 62.9. The van der Waals surface area contributed by atoms with E-state index in [9.17, 15) is 0 Å². The predicted octanol–water partition coefficient (Wildman–Crippen LogP) is 20.9. The molecule has 0 saturated heterocycles. The van der Waals surface area contributed by atoms with Gasteiger partial charge in [-0.1, -0.05) is 298 Å². The van der Waals surface area contributed by atoms with Crippen molar-refractivity contribution >= 4 is 0 Å². The minimum Gasteiger partial charge on any atom is -0.502 e. The number of hydrogen-bond donors (Lipinski definition) is 0. The highest BCUT2D eigenvalue weighted by Crippen LogP contribution is 2.20. The highest BCUT2D eigenvalue weighted by atomic mass is 16.5. The van der Waals surface area contributed by atoms with Crippen molar-refractivity contribution in [3.63, 3.8) is 0 Å². The van der Waals surface area contributed by atoms with Crippen LogP contribution in [-0.4, -0.2) is 19.8 Å². The second-order valence-electron chi connectivity index (χ2n) is 18.1. The Morgan fingerprint density at radius 2 is 0.467 bits per heavy atom. The SMILES string of the molecule is C=COCC(CCCCCCCCC)CCCCCCCCCC.C=COCCCCCCCCCCCC.C=COCCCCCCCCCCCCCCCCCC. The maximum atomic E-state index is 5.49. The summed E-state index contributed by atoms with van der Waals surface area (Å²) in [7, 11) is 0. The van der Waals surface area contributed by atoms with E-state index in [0.29, 0.717) is 0 Å². The Kier molecular flexibility index (Phi) is 67.4. The molecule has 0 N–H and O–H groups in total. The van der Waals surface area contributed by atoms with Gasteiger partial charge in [-0.25, -0.2) is 0 Å². The van der Waals surface area contributed by atoms with Crippen molar-refractivity contribution in [1.82, 2.24) is 0 Å². The Balaban J connectivity index is -0.000000834. The van der Waals surface area contributed by atoms with Gasteiger partial charge in [-0.2, -0.15) is 0 Å². The van der Waals surface area contributed by atoms with Crippen LogP contribution in [0.25, 0.3) is 0 Å². The molecule has 0 rings (SSSR count). The number of unbranched alkanes of at least 4 members (excludes halogenated alkanes) is 37. The summed E-state index contributed by atoms with van der Waals surface area (Å²) in [5.41, 5.74) is 0. The largest absolute Gasteiger partial charge is 0.502 e. The topological polar surface area (TPSA) is 27.7 Å². The van der Waals surface area contributed by atoms with Gasteiger partial charge < -0.3 is 14.2 Å². The smallest absolute Gasteiger partial charge is 0.0901 e. The minimum absolute atomic E-state index is 0.749. The van der Waals surface area contributed by atoms with E-state index in [0.717, 1.165) is 25.7 Å². The molecule has 0 aromatic heterocycles. The van der Waals surface area contributed by atoms with Crippen LogP contribution >= 0.6 is 0 Å². The van der Waals surface area contributed by atoms with E-state index in [-0.39, 0.29) is 0 Å². The van der Waals surface area contributed by atoms with Crippen LogP contribution in [0.1, 0.15) is 304 Å². The second kappa shape index (κ2) is 64.2. The molecule has 0 heterocycles. The van der Waals surface area contributed by atoms with Crippen molar-refractivity contribution in [3.8, 4) is 0 Å². The molecule has 0 aromatic rings. The van der Waals surface area contributed by atoms with E-state index >= 15 is 0 Å². The van der Waals surface area contributed by atoms with Crippen molar-refractivity contribution in [3.05, 3.63) is 38.5 Å². The lowest BCUT2D eigenvalue weighted by Crippen LogP contribution is -2.08. The molecular weight excluding hydrogens is 733 g/mol. The maximum Gasteiger partial charge on any atom is 0.0901 e. The van der Waals surface area contributed by atoms with Crippen LogP contribution < -0.4 is 0 Å². The zero-order valence-electron chi connectivity index (χ0n) is 42.2. The van der Waals surface area contributed by atoms with Crippen LogP contribution in [0.3, 0.4) is 0 Å². The molecular formula is C57H114O3. The maximum absolute atomic E-state index is 5.49. The van der Waals surface area contributed by atoms with Gasteiger partial charge in [-0.3, -0.25) is 0 Å². The van der Waals surface area contributed by atoms with Crippen LogP contribution in [0.4, 0.5) is 0 Å². The average Bonchev–Trinajstić information content (AvgIpc) is 3.26. The van der Waals surface area contributed by atoms with E-state index in [1.165, 1.54) is 282 Å². The molecule has 360 valence electrons. The van der Waals surface area contributed by atoms with E-state index in [1.54, 1.807) is 12.5 Å². The Morgan fingerprint density at radius 3 is 0.683 bits per heavy atom. The van der Waals surface area contributed by atoms with Gasteiger partial charge in [0.2, 0.25) is 0 Å². The molecule has 1 atom stereocenters. The molecule has 0 spiro atoms. The third-order valence-electron chi connectivity index (χ3n) is 12.1. The molecule has 0 fully saturated rings. The molecule has 0 saturated carbocycles. The number of hydrogen-bond acceptors (Lipinski definition) is 3. The van der Waals surface area contributed by atoms with E-state index in [2.05, 4.69) is 47.4 Å². The molecule has 0 aromatic carbocycles. The van der Waals surface area contributed by atoms with Gasteiger partial charge in [0.05, 0.1) is 38.6 Å². The van der Waals surface area contributed by atoms with Gasteiger partial charge in [0.25, 0.3) is 0 Å². The Morgan fingerprint density at radius 1 is 0.267 bits per heavy atom. The Hall–Kier alpha value is -1.38. The standard InChI is InChI=1S/C23H46O.C20H40O.C14H28O/c1-4-7-9-11-13-15-17-19-21-23(22-24-6-3)20-18-16-14-12-10-8-5-2;1-3-5-6-7-8-9-10-11-12-13-14-15-16-17-18-19-20-21-4-2;1-3-5-6-7-8-9-10-11-12-13-14-15-4-2/h6,23H,3-5,7-22H2,1-2H3;4H,2-3,5-20H2,1H3;4H,2-3,5-14H2,1H3. The third-order valence-corrected chi connectivity index (χ3v) is 12.1. The first-order chi connectivity index (χ1) is 29.7. The molecule has 3 nitrogen and oxygen atoms in total. The van der Waals surface area contributed by atoms with Crippen molar-refractivity contribution < 1.29 is 14.2 Å². The lowest BCUT2D eigenvalue weighted by Gasteiger charge is -2.16. The first-order valence-electron chi connectivity index (χ1n) is 27.4. The van der Waals surface area contributed by atoms with E-state index in [1.807, 2.05) is 0 Å². The van der Waals surface area contributed by atoms with Gasteiger partial charge in [-0.15, -0.1) is 0 Å². The molecule has 0 aliphatic heterocycles. The zero-order valence-corrected chi connectivity index (χ0v) is 42.2. The molecule has 0 radical (unpaired) electrons. The van der Waals surface area contributed by atoms with Crippen molar-refractivity contribution in [2.75, 3.05) is 19.8 Å². The lowest BCUT2D eigenvalue weighted by molar-refractivity contribution is 0.177. The molecule has 3 heteroatoms. The molecule has 1 unspecified atom stereocenters. The fourth-order valence-corrected chi connectivity index (χ4v) is 8.05. The third kappa shape index (κ3) is 65.7. The second-order valence-corrected chi connectivity index (χ2v) is 18.1. The summed E-state index contributed by atoms with van der Waals surface area (Å²) in [5, 5.41) is 0. The lowest BCUT2D eigenvalue weighted by atomic mass is 9.94. The monoisotopic (exact) mass is 847 g/mol. The predicted molar refractivity (Wildman–Crippen MR) is 273 cm³/mol. The van der Waals surface area contributed by atoms with Gasteiger partial charge in [0.1, 0.15) is 0 Å². The molecule has 0 bridgehead atoms. The molecule has 0 amide bonds. The van der Waals surface area contributed by atoms with E-state index in [4.69, 9.17) is 14.2 Å². The summed E-state index contributed by atoms with van der Waals surface area (Å²) in [4.78, 5) is 0. The highest BCUT2D eigenvalue weighted by Gasteiger charge is 2.09. The average molecular weight is 848 g/mol. The fraction of sp³-hybridized carbons (Fsp3) is 0.895.